The van der Waals surface area contributed by atoms with Gasteiger partial charge in [-0.1, -0.05) is 0 Å². The van der Waals surface area contributed by atoms with Crippen LogP contribution in [0.25, 0.3) is 11.3 Å². The lowest BCUT2D eigenvalue weighted by Crippen LogP contribution is -1.99. The molecular formula is C11H8FNO4. The van der Waals surface area contributed by atoms with Crippen LogP contribution in [0.5, 0.6) is 5.75 Å². The molecule has 17 heavy (non-hydrogen) atoms. The molecular weight excluding hydrogens is 229 g/mol. The molecule has 5 nitrogen and oxygen atoms in total. The molecule has 0 aliphatic heterocycles. The van der Waals surface area contributed by atoms with E-state index < -0.39 is 11.8 Å². The van der Waals surface area contributed by atoms with Crippen LogP contribution in [0.4, 0.5) is 4.39 Å². The van der Waals surface area contributed by atoms with Crippen molar-refractivity contribution in [3.05, 3.63) is 36.1 Å². The second-order valence-electron chi connectivity index (χ2n) is 3.18. The summed E-state index contributed by atoms with van der Waals surface area (Å²) in [7, 11) is 1.34. The molecule has 0 amide bonds. The SMILES string of the molecule is COc1ccc(-c2ocnc2C(=O)O)cc1F. The number of hydrogen-bond acceptors (Lipinski definition) is 4. The minimum Gasteiger partial charge on any atom is -0.494 e. The van der Waals surface area contributed by atoms with Crippen molar-refractivity contribution in [3.63, 3.8) is 0 Å². The first-order chi connectivity index (χ1) is 8.13. The van der Waals surface area contributed by atoms with E-state index >= 15 is 0 Å². The lowest BCUT2D eigenvalue weighted by atomic mass is 10.1. The molecule has 1 N–H and O–H groups in total. The van der Waals surface area contributed by atoms with E-state index in [4.69, 9.17) is 14.3 Å². The van der Waals surface area contributed by atoms with E-state index in [9.17, 15) is 9.18 Å². The fourth-order valence-corrected chi connectivity index (χ4v) is 1.41. The Morgan fingerprint density at radius 1 is 1.53 bits per heavy atom. The molecule has 0 bridgehead atoms. The summed E-state index contributed by atoms with van der Waals surface area (Å²) < 4.78 is 23.1. The number of aromatic carboxylic acids is 1. The number of carboxylic acid groups (broad SMARTS) is 1. The summed E-state index contributed by atoms with van der Waals surface area (Å²) in [6.45, 7) is 0. The molecule has 0 aliphatic rings. The fourth-order valence-electron chi connectivity index (χ4n) is 1.41. The molecule has 0 fully saturated rings. The highest BCUT2D eigenvalue weighted by molar-refractivity contribution is 5.92. The maximum Gasteiger partial charge on any atom is 0.358 e. The van der Waals surface area contributed by atoms with Crippen molar-refractivity contribution in [2.24, 2.45) is 0 Å². The van der Waals surface area contributed by atoms with Crippen molar-refractivity contribution >= 4 is 5.97 Å². The fraction of sp³-hybridized carbons (Fsp3) is 0.0909. The Morgan fingerprint density at radius 3 is 2.88 bits per heavy atom. The summed E-state index contributed by atoms with van der Waals surface area (Å²) in [5, 5.41) is 8.84. The van der Waals surface area contributed by atoms with Gasteiger partial charge < -0.3 is 14.3 Å². The van der Waals surface area contributed by atoms with Gasteiger partial charge in [0.05, 0.1) is 7.11 Å². The smallest absolute Gasteiger partial charge is 0.358 e. The van der Waals surface area contributed by atoms with E-state index in [-0.39, 0.29) is 17.2 Å². The largest absolute Gasteiger partial charge is 0.494 e. The van der Waals surface area contributed by atoms with E-state index in [1.54, 1.807) is 0 Å². The summed E-state index contributed by atoms with van der Waals surface area (Å²) in [6, 6.07) is 4.01. The number of ether oxygens (including phenoxy) is 1. The summed E-state index contributed by atoms with van der Waals surface area (Å²) in [6.07, 6.45) is 1.00. The van der Waals surface area contributed by atoms with Gasteiger partial charge in [-0.15, -0.1) is 0 Å². The number of halogens is 1. The molecule has 1 aromatic carbocycles. The predicted molar refractivity (Wildman–Crippen MR) is 55.4 cm³/mol. The normalized spacial score (nSPS) is 10.2. The van der Waals surface area contributed by atoms with Crippen LogP contribution in [-0.4, -0.2) is 23.2 Å². The number of benzene rings is 1. The van der Waals surface area contributed by atoms with Gasteiger partial charge in [0, 0.05) is 5.56 Å². The van der Waals surface area contributed by atoms with Crippen molar-refractivity contribution in [2.75, 3.05) is 7.11 Å². The third-order valence-corrected chi connectivity index (χ3v) is 2.18. The molecule has 1 heterocycles. The number of methoxy groups -OCH3 is 1. The second-order valence-corrected chi connectivity index (χ2v) is 3.18. The lowest BCUT2D eigenvalue weighted by Gasteiger charge is -2.03. The van der Waals surface area contributed by atoms with Crippen LogP contribution in [0.15, 0.2) is 29.0 Å². The molecule has 6 heteroatoms. The van der Waals surface area contributed by atoms with Crippen LogP contribution in [0.2, 0.25) is 0 Å². The molecule has 0 saturated heterocycles. The van der Waals surface area contributed by atoms with Crippen LogP contribution in [0.3, 0.4) is 0 Å². The minimum atomic E-state index is -1.23. The van der Waals surface area contributed by atoms with Gasteiger partial charge in [-0.25, -0.2) is 14.2 Å². The molecule has 0 atom stereocenters. The maximum atomic E-state index is 13.4. The zero-order valence-corrected chi connectivity index (χ0v) is 8.81. The Balaban J connectivity index is 2.50. The van der Waals surface area contributed by atoms with Crippen molar-refractivity contribution in [1.29, 1.82) is 0 Å². The summed E-state index contributed by atoms with van der Waals surface area (Å²) in [5.41, 5.74) is 0.0350. The summed E-state index contributed by atoms with van der Waals surface area (Å²) in [4.78, 5) is 14.4. The Kier molecular flexibility index (Phi) is 2.78. The molecule has 0 spiro atoms. The molecule has 2 rings (SSSR count). The molecule has 0 aliphatic carbocycles. The Morgan fingerprint density at radius 2 is 2.29 bits per heavy atom. The highest BCUT2D eigenvalue weighted by Gasteiger charge is 2.18. The van der Waals surface area contributed by atoms with Crippen molar-refractivity contribution < 1.29 is 23.4 Å². The van der Waals surface area contributed by atoms with Gasteiger partial charge >= 0.3 is 5.97 Å². The Labute approximate surface area is 95.5 Å². The van der Waals surface area contributed by atoms with E-state index in [1.807, 2.05) is 0 Å². The van der Waals surface area contributed by atoms with Gasteiger partial charge in [-0.2, -0.15) is 0 Å². The van der Waals surface area contributed by atoms with Gasteiger partial charge in [0.25, 0.3) is 0 Å². The maximum absolute atomic E-state index is 13.4. The molecule has 0 saturated carbocycles. The monoisotopic (exact) mass is 237 g/mol. The molecule has 2 aromatic rings. The zero-order chi connectivity index (χ0) is 12.4. The van der Waals surface area contributed by atoms with Crippen LogP contribution in [-0.2, 0) is 0 Å². The summed E-state index contributed by atoms with van der Waals surface area (Å²) >= 11 is 0. The van der Waals surface area contributed by atoms with Gasteiger partial charge in [-0.3, -0.25) is 0 Å². The average molecular weight is 237 g/mol. The van der Waals surface area contributed by atoms with Gasteiger partial charge in [-0.05, 0) is 18.2 Å². The summed E-state index contributed by atoms with van der Waals surface area (Å²) in [5.74, 6) is -1.74. The van der Waals surface area contributed by atoms with Crippen LogP contribution in [0.1, 0.15) is 10.5 Å². The number of hydrogen-bond donors (Lipinski definition) is 1. The Hall–Kier alpha value is -2.37. The first-order valence-electron chi connectivity index (χ1n) is 4.64. The van der Waals surface area contributed by atoms with Crippen LogP contribution < -0.4 is 4.74 Å². The van der Waals surface area contributed by atoms with Crippen molar-refractivity contribution in [3.8, 4) is 17.1 Å². The van der Waals surface area contributed by atoms with E-state index in [1.165, 1.54) is 19.2 Å². The number of rotatable bonds is 3. The van der Waals surface area contributed by atoms with E-state index in [0.717, 1.165) is 12.5 Å². The number of carboxylic acids is 1. The van der Waals surface area contributed by atoms with E-state index in [2.05, 4.69) is 4.98 Å². The Bertz CT molecular complexity index is 564. The standard InChI is InChI=1S/C11H8FNO4/c1-16-8-3-2-6(4-7(8)12)10-9(11(14)15)13-5-17-10/h2-5H,1H3,(H,14,15). The number of aromatic nitrogens is 1. The van der Waals surface area contributed by atoms with Gasteiger partial charge in [0.15, 0.2) is 29.4 Å². The van der Waals surface area contributed by atoms with Crippen LogP contribution >= 0.6 is 0 Å². The van der Waals surface area contributed by atoms with Crippen LogP contribution in [0, 0.1) is 5.82 Å². The number of nitrogens with zero attached hydrogens (tertiary/aromatic N) is 1. The number of carbonyl (C=O) groups is 1. The van der Waals surface area contributed by atoms with E-state index in [0.29, 0.717) is 5.56 Å². The molecule has 88 valence electrons. The topological polar surface area (TPSA) is 72.6 Å². The highest BCUT2D eigenvalue weighted by atomic mass is 19.1. The van der Waals surface area contributed by atoms with Crippen molar-refractivity contribution in [1.82, 2.24) is 4.98 Å². The first kappa shape index (κ1) is 11.1. The first-order valence-corrected chi connectivity index (χ1v) is 4.64. The van der Waals surface area contributed by atoms with Crippen molar-refractivity contribution in [2.45, 2.75) is 0 Å². The average Bonchev–Trinajstić information content (AvgIpc) is 2.77. The molecule has 1 aromatic heterocycles. The zero-order valence-electron chi connectivity index (χ0n) is 8.81. The van der Waals surface area contributed by atoms with Gasteiger partial charge in [0.1, 0.15) is 0 Å². The minimum absolute atomic E-state index is 0.0130. The number of oxazole rings is 1. The third kappa shape index (κ3) is 1.96. The van der Waals surface area contributed by atoms with Gasteiger partial charge in [0.2, 0.25) is 0 Å². The third-order valence-electron chi connectivity index (χ3n) is 2.18. The second kappa shape index (κ2) is 4.25. The predicted octanol–water partition coefficient (Wildman–Crippen LogP) is 2.19. The molecule has 0 unspecified atom stereocenters. The lowest BCUT2D eigenvalue weighted by molar-refractivity contribution is 0.0691. The molecule has 0 radical (unpaired) electrons. The highest BCUT2D eigenvalue weighted by Crippen LogP contribution is 2.27. The quantitative estimate of drug-likeness (QED) is 0.885.